The van der Waals surface area contributed by atoms with E-state index in [1.54, 1.807) is 20.8 Å². The normalized spacial score (nSPS) is 10.4. The number of carbonyl (C=O) groups is 2. The molecule has 0 atom stereocenters. The van der Waals surface area contributed by atoms with Crippen LogP contribution in [-0.2, 0) is 9.53 Å². The average Bonchev–Trinajstić information content (AvgIpc) is 1.96. The number of hydrogen-bond donors (Lipinski definition) is 2. The summed E-state index contributed by atoms with van der Waals surface area (Å²) in [6, 6.07) is 0. The van der Waals surface area contributed by atoms with Gasteiger partial charge in [0, 0.05) is 6.42 Å². The van der Waals surface area contributed by atoms with Crippen molar-refractivity contribution in [1.29, 1.82) is 0 Å². The van der Waals surface area contributed by atoms with Crippen LogP contribution < -0.4 is 11.5 Å². The second-order valence-corrected chi connectivity index (χ2v) is 4.93. The molecule has 0 bridgehead atoms. The molecule has 4 N–H and O–H groups in total. The first-order valence-electron chi connectivity index (χ1n) is 5.31. The molecule has 0 aliphatic heterocycles. The van der Waals surface area contributed by atoms with E-state index in [4.69, 9.17) is 11.5 Å². The summed E-state index contributed by atoms with van der Waals surface area (Å²) in [6.07, 6.45) is 0.713. The quantitative estimate of drug-likeness (QED) is 0.776. The molecule has 5 heteroatoms. The van der Waals surface area contributed by atoms with Crippen LogP contribution in [0, 0.1) is 5.92 Å². The number of primary amides is 2. The van der Waals surface area contributed by atoms with E-state index >= 15 is 0 Å². The molecule has 0 rings (SSSR count). The lowest BCUT2D eigenvalue weighted by Crippen LogP contribution is -2.27. The number of carbonyl (C=O) groups excluding carboxylic acids is 2. The molecule has 5 nitrogen and oxygen atoms in total. The smallest absolute Gasteiger partial charge is 0.405 e. The molecule has 0 saturated carbocycles. The molecule has 0 aliphatic carbocycles. The minimum absolute atomic E-state index is 0.196. The average molecular weight is 232 g/mol. The highest BCUT2D eigenvalue weighted by Gasteiger charge is 2.12. The fourth-order valence-electron chi connectivity index (χ4n) is 0.733. The molecule has 0 radical (unpaired) electrons. The molecule has 0 unspecified atom stereocenters. The van der Waals surface area contributed by atoms with Crippen molar-refractivity contribution in [3.63, 3.8) is 0 Å². The molecule has 0 saturated heterocycles. The van der Waals surface area contributed by atoms with Crippen LogP contribution in [0.4, 0.5) is 4.79 Å². The van der Waals surface area contributed by atoms with Crippen LogP contribution in [0.3, 0.4) is 0 Å². The zero-order valence-corrected chi connectivity index (χ0v) is 10.9. The maximum absolute atomic E-state index is 10.1. The highest BCUT2D eigenvalue weighted by atomic mass is 16.6. The van der Waals surface area contributed by atoms with Crippen molar-refractivity contribution in [3.8, 4) is 0 Å². The summed E-state index contributed by atoms with van der Waals surface area (Å²) >= 11 is 0. The Kier molecular flexibility index (Phi) is 8.53. The van der Waals surface area contributed by atoms with Gasteiger partial charge in [0.25, 0.3) is 0 Å². The third-order valence-electron chi connectivity index (χ3n) is 1.37. The molecule has 0 aromatic heterocycles. The minimum Gasteiger partial charge on any atom is -0.444 e. The second-order valence-electron chi connectivity index (χ2n) is 4.93. The first kappa shape index (κ1) is 17.1. The van der Waals surface area contributed by atoms with Crippen molar-refractivity contribution < 1.29 is 14.3 Å². The van der Waals surface area contributed by atoms with Crippen LogP contribution in [0.25, 0.3) is 0 Å². The maximum Gasteiger partial charge on any atom is 0.405 e. The van der Waals surface area contributed by atoms with Crippen LogP contribution in [0.1, 0.15) is 47.5 Å². The maximum atomic E-state index is 10.1. The molecule has 0 heterocycles. The van der Waals surface area contributed by atoms with E-state index in [0.717, 1.165) is 6.42 Å². The van der Waals surface area contributed by atoms with Crippen molar-refractivity contribution in [1.82, 2.24) is 0 Å². The minimum atomic E-state index is -0.725. The summed E-state index contributed by atoms with van der Waals surface area (Å²) < 4.78 is 4.58. The number of amides is 2. The summed E-state index contributed by atoms with van der Waals surface area (Å²) in [6.45, 7) is 9.43. The molecule has 16 heavy (non-hydrogen) atoms. The van der Waals surface area contributed by atoms with Gasteiger partial charge in [0.05, 0.1) is 0 Å². The largest absolute Gasteiger partial charge is 0.444 e. The van der Waals surface area contributed by atoms with E-state index in [9.17, 15) is 9.59 Å². The third kappa shape index (κ3) is 23.0. The Labute approximate surface area is 97.5 Å². The van der Waals surface area contributed by atoms with Crippen molar-refractivity contribution >= 4 is 12.0 Å². The molecule has 0 aliphatic rings. The fraction of sp³-hybridized carbons (Fsp3) is 0.818. The van der Waals surface area contributed by atoms with Crippen LogP contribution in [0.15, 0.2) is 0 Å². The van der Waals surface area contributed by atoms with Gasteiger partial charge in [-0.05, 0) is 33.1 Å². The van der Waals surface area contributed by atoms with Gasteiger partial charge in [0.15, 0.2) is 0 Å². The van der Waals surface area contributed by atoms with E-state index in [0.29, 0.717) is 12.3 Å². The van der Waals surface area contributed by atoms with Gasteiger partial charge >= 0.3 is 6.09 Å². The SMILES string of the molecule is CC(C)(C)OC(N)=O.CC(C)CCC(N)=O. The Morgan fingerprint density at radius 3 is 1.69 bits per heavy atom. The van der Waals surface area contributed by atoms with Crippen LogP contribution >= 0.6 is 0 Å². The molecule has 2 amide bonds. The lowest BCUT2D eigenvalue weighted by molar-refractivity contribution is -0.118. The Morgan fingerprint density at radius 1 is 1.19 bits per heavy atom. The number of rotatable bonds is 3. The topological polar surface area (TPSA) is 95.4 Å². The van der Waals surface area contributed by atoms with Crippen molar-refractivity contribution in [2.24, 2.45) is 17.4 Å². The lowest BCUT2D eigenvalue weighted by Gasteiger charge is -2.16. The highest BCUT2D eigenvalue weighted by molar-refractivity contribution is 5.73. The first-order valence-corrected chi connectivity index (χ1v) is 5.31. The molecule has 0 aromatic rings. The summed E-state index contributed by atoms with van der Waals surface area (Å²) in [5, 5.41) is 0. The molecular weight excluding hydrogens is 208 g/mol. The summed E-state index contributed by atoms with van der Waals surface area (Å²) in [5.41, 5.74) is 9.17. The van der Waals surface area contributed by atoms with E-state index < -0.39 is 11.7 Å². The van der Waals surface area contributed by atoms with E-state index in [-0.39, 0.29) is 5.91 Å². The van der Waals surface area contributed by atoms with Crippen LogP contribution in [0.2, 0.25) is 0 Å². The van der Waals surface area contributed by atoms with Gasteiger partial charge < -0.3 is 16.2 Å². The zero-order valence-electron chi connectivity index (χ0n) is 10.9. The summed E-state index contributed by atoms with van der Waals surface area (Å²) in [7, 11) is 0. The van der Waals surface area contributed by atoms with Crippen molar-refractivity contribution in [2.45, 2.75) is 53.1 Å². The standard InChI is InChI=1S/C6H13NO.C5H11NO2/c1-5(2)3-4-6(7)8;1-5(2,3)8-4(6)7/h5H,3-4H2,1-2H3,(H2,7,8);1-3H3,(H2,6,7). The summed E-state index contributed by atoms with van der Waals surface area (Å²) in [4.78, 5) is 20.1. The fourth-order valence-corrected chi connectivity index (χ4v) is 0.733. The van der Waals surface area contributed by atoms with Gasteiger partial charge in [0.2, 0.25) is 5.91 Å². The van der Waals surface area contributed by atoms with Gasteiger partial charge in [-0.3, -0.25) is 4.79 Å². The van der Waals surface area contributed by atoms with Crippen LogP contribution in [-0.4, -0.2) is 17.6 Å². The van der Waals surface area contributed by atoms with Crippen LogP contribution in [0.5, 0.6) is 0 Å². The molecule has 0 aromatic carbocycles. The summed E-state index contributed by atoms with van der Waals surface area (Å²) in [5.74, 6) is 0.390. The second kappa shape index (κ2) is 7.96. The Morgan fingerprint density at radius 2 is 1.62 bits per heavy atom. The van der Waals surface area contributed by atoms with Gasteiger partial charge in [0.1, 0.15) is 5.60 Å². The Balaban J connectivity index is 0. The van der Waals surface area contributed by atoms with Crippen molar-refractivity contribution in [2.75, 3.05) is 0 Å². The predicted octanol–water partition coefficient (Wildman–Crippen LogP) is 1.79. The Hall–Kier alpha value is -1.26. The number of nitrogens with two attached hydrogens (primary N) is 2. The molecule has 96 valence electrons. The van der Waals surface area contributed by atoms with Crippen molar-refractivity contribution in [3.05, 3.63) is 0 Å². The first-order chi connectivity index (χ1) is 7.04. The lowest BCUT2D eigenvalue weighted by atomic mass is 10.1. The van der Waals surface area contributed by atoms with E-state index in [1.165, 1.54) is 0 Å². The van der Waals surface area contributed by atoms with E-state index in [2.05, 4.69) is 18.6 Å². The highest BCUT2D eigenvalue weighted by Crippen LogP contribution is 2.04. The van der Waals surface area contributed by atoms with Gasteiger partial charge in [-0.25, -0.2) is 4.79 Å². The zero-order chi connectivity index (χ0) is 13.4. The monoisotopic (exact) mass is 232 g/mol. The molecular formula is C11H24N2O3. The predicted molar refractivity (Wildman–Crippen MR) is 63.7 cm³/mol. The van der Waals surface area contributed by atoms with E-state index in [1.807, 2.05) is 0 Å². The van der Waals surface area contributed by atoms with Gasteiger partial charge in [-0.15, -0.1) is 0 Å². The van der Waals surface area contributed by atoms with Gasteiger partial charge in [-0.2, -0.15) is 0 Å². The number of hydrogen-bond acceptors (Lipinski definition) is 3. The third-order valence-corrected chi connectivity index (χ3v) is 1.37. The van der Waals surface area contributed by atoms with Gasteiger partial charge in [-0.1, -0.05) is 13.8 Å². The Bertz CT molecular complexity index is 220. The molecule has 0 spiro atoms. The molecule has 0 fully saturated rings. The number of ether oxygens (including phenoxy) is 1.